The lowest BCUT2D eigenvalue weighted by Gasteiger charge is -2.05. The largest absolute Gasteiger partial charge is 0.330 e. The van der Waals surface area contributed by atoms with Crippen LogP contribution in [-0.2, 0) is 6.42 Å². The molecule has 0 aliphatic rings. The number of aryl methyl sites for hydroxylation is 2. The smallest absolute Gasteiger partial charge is 0.0843 e. The predicted molar refractivity (Wildman–Crippen MR) is 69.8 cm³/mol. The average Bonchev–Trinajstić information content (AvgIpc) is 2.71. The molecular formula is C13H16N2S. The molecule has 2 rings (SSSR count). The van der Waals surface area contributed by atoms with Crippen LogP contribution in [0.1, 0.15) is 16.0 Å². The van der Waals surface area contributed by atoms with Crippen molar-refractivity contribution in [3.8, 4) is 11.3 Å². The Morgan fingerprint density at radius 1 is 1.25 bits per heavy atom. The molecule has 84 valence electrons. The summed E-state index contributed by atoms with van der Waals surface area (Å²) in [6.45, 7) is 4.94. The molecule has 3 heteroatoms. The van der Waals surface area contributed by atoms with Crippen LogP contribution in [0.25, 0.3) is 11.3 Å². The third-order valence-electron chi connectivity index (χ3n) is 2.79. The van der Waals surface area contributed by atoms with E-state index in [2.05, 4.69) is 37.0 Å². The number of hydrogen-bond donors (Lipinski definition) is 1. The lowest BCUT2D eigenvalue weighted by molar-refractivity contribution is 0.986. The van der Waals surface area contributed by atoms with E-state index in [1.54, 1.807) is 11.3 Å². The van der Waals surface area contributed by atoms with Gasteiger partial charge >= 0.3 is 0 Å². The first-order valence-electron chi connectivity index (χ1n) is 5.42. The summed E-state index contributed by atoms with van der Waals surface area (Å²) >= 11 is 1.69. The van der Waals surface area contributed by atoms with E-state index in [1.165, 1.54) is 21.6 Å². The van der Waals surface area contributed by atoms with E-state index in [1.807, 2.05) is 5.51 Å². The minimum absolute atomic E-state index is 0.681. The van der Waals surface area contributed by atoms with Crippen LogP contribution in [0.5, 0.6) is 0 Å². The zero-order chi connectivity index (χ0) is 11.5. The summed E-state index contributed by atoms with van der Waals surface area (Å²) in [4.78, 5) is 5.72. The fourth-order valence-corrected chi connectivity index (χ4v) is 2.51. The van der Waals surface area contributed by atoms with Gasteiger partial charge in [0, 0.05) is 10.4 Å². The van der Waals surface area contributed by atoms with Crippen LogP contribution in [-0.4, -0.2) is 11.5 Å². The molecule has 2 nitrogen and oxygen atoms in total. The van der Waals surface area contributed by atoms with Gasteiger partial charge in [0.25, 0.3) is 0 Å². The highest BCUT2D eigenvalue weighted by Crippen LogP contribution is 2.27. The Labute approximate surface area is 100 Å². The lowest BCUT2D eigenvalue weighted by Crippen LogP contribution is -2.02. The number of rotatable bonds is 3. The first kappa shape index (κ1) is 11.3. The molecule has 2 N–H and O–H groups in total. The van der Waals surface area contributed by atoms with Gasteiger partial charge in [-0.2, -0.15) is 0 Å². The summed E-state index contributed by atoms with van der Waals surface area (Å²) in [6.07, 6.45) is 0.910. The van der Waals surface area contributed by atoms with Crippen molar-refractivity contribution in [2.24, 2.45) is 5.73 Å². The van der Waals surface area contributed by atoms with Crippen molar-refractivity contribution < 1.29 is 0 Å². The van der Waals surface area contributed by atoms with Crippen LogP contribution in [0.15, 0.2) is 23.7 Å². The second-order valence-corrected chi connectivity index (χ2v) is 4.90. The summed E-state index contributed by atoms with van der Waals surface area (Å²) in [5.41, 5.74) is 12.4. The Morgan fingerprint density at radius 2 is 2.06 bits per heavy atom. The van der Waals surface area contributed by atoms with Gasteiger partial charge in [0.05, 0.1) is 11.2 Å². The van der Waals surface area contributed by atoms with Crippen molar-refractivity contribution in [2.45, 2.75) is 20.3 Å². The average molecular weight is 232 g/mol. The number of thiazole rings is 1. The summed E-state index contributed by atoms with van der Waals surface area (Å²) in [7, 11) is 0. The maximum absolute atomic E-state index is 5.60. The van der Waals surface area contributed by atoms with Gasteiger partial charge in [-0.25, -0.2) is 4.98 Å². The monoisotopic (exact) mass is 232 g/mol. The molecule has 16 heavy (non-hydrogen) atoms. The normalized spacial score (nSPS) is 10.7. The number of hydrogen-bond acceptors (Lipinski definition) is 3. The Balaban J connectivity index is 2.42. The Morgan fingerprint density at radius 3 is 2.75 bits per heavy atom. The van der Waals surface area contributed by atoms with Gasteiger partial charge in [0.15, 0.2) is 0 Å². The van der Waals surface area contributed by atoms with E-state index < -0.39 is 0 Å². The van der Waals surface area contributed by atoms with Gasteiger partial charge in [-0.15, -0.1) is 11.3 Å². The molecule has 0 saturated heterocycles. The molecule has 0 aliphatic carbocycles. The highest BCUT2D eigenvalue weighted by atomic mass is 32.1. The zero-order valence-electron chi connectivity index (χ0n) is 9.66. The van der Waals surface area contributed by atoms with Crippen molar-refractivity contribution in [3.63, 3.8) is 0 Å². The maximum atomic E-state index is 5.60. The van der Waals surface area contributed by atoms with E-state index in [-0.39, 0.29) is 0 Å². The van der Waals surface area contributed by atoms with E-state index in [0.29, 0.717) is 6.54 Å². The zero-order valence-corrected chi connectivity index (χ0v) is 10.5. The van der Waals surface area contributed by atoms with Gasteiger partial charge in [0.1, 0.15) is 0 Å². The summed E-state index contributed by atoms with van der Waals surface area (Å²) in [5.74, 6) is 0. The Hall–Kier alpha value is -1.19. The highest BCUT2D eigenvalue weighted by molar-refractivity contribution is 7.10. The minimum Gasteiger partial charge on any atom is -0.330 e. The molecule has 0 fully saturated rings. The van der Waals surface area contributed by atoms with Crippen molar-refractivity contribution in [2.75, 3.05) is 6.54 Å². The van der Waals surface area contributed by atoms with E-state index in [4.69, 9.17) is 5.73 Å². The quantitative estimate of drug-likeness (QED) is 0.883. The Bertz CT molecular complexity index is 488. The number of nitrogens with two attached hydrogens (primary N) is 1. The molecular weight excluding hydrogens is 216 g/mol. The highest BCUT2D eigenvalue weighted by Gasteiger charge is 2.08. The van der Waals surface area contributed by atoms with Crippen LogP contribution in [0.2, 0.25) is 0 Å². The van der Waals surface area contributed by atoms with E-state index >= 15 is 0 Å². The molecule has 0 spiro atoms. The molecule has 0 atom stereocenters. The lowest BCUT2D eigenvalue weighted by atomic mass is 10.0. The van der Waals surface area contributed by atoms with E-state index in [9.17, 15) is 0 Å². The molecule has 0 bridgehead atoms. The molecule has 0 unspecified atom stereocenters. The number of aromatic nitrogens is 1. The summed E-state index contributed by atoms with van der Waals surface area (Å²) < 4.78 is 0. The topological polar surface area (TPSA) is 38.9 Å². The van der Waals surface area contributed by atoms with Crippen molar-refractivity contribution in [1.82, 2.24) is 4.98 Å². The van der Waals surface area contributed by atoms with Gasteiger partial charge < -0.3 is 5.73 Å². The second kappa shape index (κ2) is 4.76. The first-order valence-corrected chi connectivity index (χ1v) is 6.30. The van der Waals surface area contributed by atoms with Crippen molar-refractivity contribution in [1.29, 1.82) is 0 Å². The maximum Gasteiger partial charge on any atom is 0.0843 e. The van der Waals surface area contributed by atoms with Crippen LogP contribution in [0.3, 0.4) is 0 Å². The Kier molecular flexibility index (Phi) is 3.36. The SMILES string of the molecule is Cc1ccc(-c2ncsc2CCN)cc1C. The van der Waals surface area contributed by atoms with Gasteiger partial charge in [-0.3, -0.25) is 0 Å². The number of benzene rings is 1. The van der Waals surface area contributed by atoms with E-state index in [0.717, 1.165) is 12.1 Å². The van der Waals surface area contributed by atoms with Gasteiger partial charge in [-0.1, -0.05) is 12.1 Å². The van der Waals surface area contributed by atoms with Crippen LogP contribution in [0.4, 0.5) is 0 Å². The summed E-state index contributed by atoms with van der Waals surface area (Å²) in [6, 6.07) is 6.48. The molecule has 0 aliphatic heterocycles. The summed E-state index contributed by atoms with van der Waals surface area (Å²) in [5, 5.41) is 0. The fourth-order valence-electron chi connectivity index (χ4n) is 1.70. The molecule has 1 aromatic heterocycles. The van der Waals surface area contributed by atoms with Gasteiger partial charge in [0.2, 0.25) is 0 Å². The minimum atomic E-state index is 0.681. The van der Waals surface area contributed by atoms with Crippen LogP contribution in [0, 0.1) is 13.8 Å². The first-order chi connectivity index (χ1) is 7.72. The van der Waals surface area contributed by atoms with Crippen molar-refractivity contribution >= 4 is 11.3 Å². The second-order valence-electron chi connectivity index (χ2n) is 3.96. The molecule has 2 aromatic rings. The standard InChI is InChI=1S/C13H16N2S/c1-9-3-4-11(7-10(9)2)13-12(5-6-14)16-8-15-13/h3-4,7-8H,5-6,14H2,1-2H3. The van der Waals surface area contributed by atoms with Gasteiger partial charge in [-0.05, 0) is 44.0 Å². The molecule has 0 saturated carbocycles. The fraction of sp³-hybridized carbons (Fsp3) is 0.308. The van der Waals surface area contributed by atoms with Crippen LogP contribution < -0.4 is 5.73 Å². The molecule has 0 radical (unpaired) electrons. The van der Waals surface area contributed by atoms with Crippen molar-refractivity contribution in [3.05, 3.63) is 39.7 Å². The molecule has 1 aromatic carbocycles. The third kappa shape index (κ3) is 2.15. The predicted octanol–water partition coefficient (Wildman–Crippen LogP) is 2.93. The molecule has 0 amide bonds. The number of nitrogens with zero attached hydrogens (tertiary/aromatic N) is 1. The molecule has 1 heterocycles. The van der Waals surface area contributed by atoms with Crippen LogP contribution >= 0.6 is 11.3 Å². The third-order valence-corrected chi connectivity index (χ3v) is 3.69.